The second-order valence-corrected chi connectivity index (χ2v) is 6.91. The number of hydrogen-bond acceptors (Lipinski definition) is 6. The van der Waals surface area contributed by atoms with Crippen LogP contribution in [-0.4, -0.2) is 24.2 Å². The number of furan rings is 1. The number of fused-ring (bicyclic) bond motifs is 1. The van der Waals surface area contributed by atoms with Crippen LogP contribution in [0.1, 0.15) is 10.6 Å². The first-order valence-electron chi connectivity index (χ1n) is 7.48. The minimum absolute atomic E-state index is 0.127. The van der Waals surface area contributed by atoms with Gasteiger partial charge in [-0.2, -0.15) is 8.42 Å². The fraction of sp³-hybridized carbons (Fsp3) is 0. The van der Waals surface area contributed by atoms with Crippen molar-refractivity contribution in [2.24, 2.45) is 0 Å². The molecule has 0 spiro atoms. The lowest BCUT2D eigenvalue weighted by Crippen LogP contribution is -1.99. The van der Waals surface area contributed by atoms with E-state index < -0.39 is 10.1 Å². The molecule has 4 rings (SSSR count). The Bertz CT molecular complexity index is 1200. The highest BCUT2D eigenvalue weighted by Gasteiger charge is 2.20. The van der Waals surface area contributed by atoms with Gasteiger partial charge in [0.2, 0.25) is 5.89 Å². The predicted molar refractivity (Wildman–Crippen MR) is 92.3 cm³/mol. The van der Waals surface area contributed by atoms with Crippen molar-refractivity contribution in [1.82, 2.24) is 4.98 Å². The van der Waals surface area contributed by atoms with E-state index in [1.54, 1.807) is 30.3 Å². The summed E-state index contributed by atoms with van der Waals surface area (Å²) in [7, 11) is -4.42. The van der Waals surface area contributed by atoms with Crippen LogP contribution in [0.15, 0.2) is 68.3 Å². The fourth-order valence-electron chi connectivity index (χ4n) is 2.62. The van der Waals surface area contributed by atoms with E-state index in [9.17, 15) is 17.8 Å². The van der Waals surface area contributed by atoms with Gasteiger partial charge in [-0.05, 0) is 42.5 Å². The van der Waals surface area contributed by atoms with E-state index >= 15 is 0 Å². The lowest BCUT2D eigenvalue weighted by Gasteiger charge is -2.06. The number of benzene rings is 2. The summed E-state index contributed by atoms with van der Waals surface area (Å²) >= 11 is 0. The Morgan fingerprint density at radius 2 is 1.77 bits per heavy atom. The van der Waals surface area contributed by atoms with Crippen molar-refractivity contribution in [3.63, 3.8) is 0 Å². The number of rotatable bonds is 4. The van der Waals surface area contributed by atoms with Gasteiger partial charge in [-0.1, -0.05) is 12.1 Å². The predicted octanol–water partition coefficient (Wildman–Crippen LogP) is 3.81. The van der Waals surface area contributed by atoms with Crippen LogP contribution in [0.25, 0.3) is 33.9 Å². The van der Waals surface area contributed by atoms with Crippen molar-refractivity contribution >= 4 is 27.5 Å². The number of hydrogen-bond donors (Lipinski definition) is 1. The van der Waals surface area contributed by atoms with Gasteiger partial charge in [0.25, 0.3) is 10.1 Å². The van der Waals surface area contributed by atoms with Crippen LogP contribution in [0.2, 0.25) is 0 Å². The van der Waals surface area contributed by atoms with Crippen LogP contribution in [0.5, 0.6) is 0 Å². The summed E-state index contributed by atoms with van der Waals surface area (Å²) in [6.45, 7) is 0. The van der Waals surface area contributed by atoms with E-state index in [0.29, 0.717) is 34.3 Å². The molecule has 0 aliphatic rings. The maximum absolute atomic E-state index is 11.5. The monoisotopic (exact) mass is 369 g/mol. The van der Waals surface area contributed by atoms with Gasteiger partial charge in [-0.15, -0.1) is 0 Å². The standard InChI is InChI=1S/C18H11NO6S/c20-10-11-5-8-16(24-11)13-7-6-12(26(21,22)23)9-14(13)18-19-15-3-1-2-4-17(15)25-18/h1-10H,(H,21,22,23). The Hall–Kier alpha value is -3.23. The van der Waals surface area contributed by atoms with Gasteiger partial charge in [0, 0.05) is 11.1 Å². The third-order valence-corrected chi connectivity index (χ3v) is 4.67. The highest BCUT2D eigenvalue weighted by atomic mass is 32.2. The fourth-order valence-corrected chi connectivity index (χ4v) is 3.13. The van der Waals surface area contributed by atoms with E-state index in [1.165, 1.54) is 24.3 Å². The van der Waals surface area contributed by atoms with Gasteiger partial charge >= 0.3 is 0 Å². The van der Waals surface area contributed by atoms with Crippen LogP contribution >= 0.6 is 0 Å². The van der Waals surface area contributed by atoms with Gasteiger partial charge in [0.15, 0.2) is 17.6 Å². The molecule has 1 N–H and O–H groups in total. The summed E-state index contributed by atoms with van der Waals surface area (Å²) in [6.07, 6.45) is 0.565. The van der Waals surface area contributed by atoms with Crippen LogP contribution in [0.3, 0.4) is 0 Å². The Morgan fingerprint density at radius 1 is 0.962 bits per heavy atom. The van der Waals surface area contributed by atoms with Gasteiger partial charge in [-0.3, -0.25) is 9.35 Å². The number of carbonyl (C=O) groups is 1. The van der Waals surface area contributed by atoms with E-state index in [-0.39, 0.29) is 16.5 Å². The highest BCUT2D eigenvalue weighted by molar-refractivity contribution is 7.85. The second-order valence-electron chi connectivity index (χ2n) is 5.49. The number of carbonyl (C=O) groups excluding carboxylic acids is 1. The highest BCUT2D eigenvalue weighted by Crippen LogP contribution is 2.35. The Balaban J connectivity index is 1.98. The first-order chi connectivity index (χ1) is 12.5. The zero-order valence-electron chi connectivity index (χ0n) is 13.1. The number of para-hydroxylation sites is 2. The largest absolute Gasteiger partial charge is 0.453 e. The smallest absolute Gasteiger partial charge is 0.294 e. The first-order valence-corrected chi connectivity index (χ1v) is 8.92. The Morgan fingerprint density at radius 3 is 2.46 bits per heavy atom. The molecule has 0 fully saturated rings. The molecule has 0 amide bonds. The summed E-state index contributed by atoms with van der Waals surface area (Å²) in [5.74, 6) is 0.629. The zero-order valence-corrected chi connectivity index (χ0v) is 13.9. The molecule has 2 aromatic carbocycles. The normalized spacial score (nSPS) is 11.7. The van der Waals surface area contributed by atoms with Crippen molar-refractivity contribution in [1.29, 1.82) is 0 Å². The number of aldehydes is 1. The molecule has 2 aromatic heterocycles. The van der Waals surface area contributed by atoms with Gasteiger partial charge < -0.3 is 8.83 Å². The van der Waals surface area contributed by atoms with Crippen LogP contribution in [0, 0.1) is 0 Å². The van der Waals surface area contributed by atoms with Crippen molar-refractivity contribution < 1.29 is 26.6 Å². The molecule has 0 aliphatic heterocycles. The molecule has 8 heteroatoms. The number of aromatic nitrogens is 1. The summed E-state index contributed by atoms with van der Waals surface area (Å²) in [5, 5.41) is 0. The molecule has 4 aromatic rings. The molecule has 26 heavy (non-hydrogen) atoms. The van der Waals surface area contributed by atoms with Gasteiger partial charge in [-0.25, -0.2) is 4.98 Å². The third kappa shape index (κ3) is 2.81. The third-order valence-electron chi connectivity index (χ3n) is 3.82. The van der Waals surface area contributed by atoms with E-state index in [1.807, 2.05) is 0 Å². The average Bonchev–Trinajstić information content (AvgIpc) is 3.27. The van der Waals surface area contributed by atoms with Crippen LogP contribution in [0.4, 0.5) is 0 Å². The molecular weight excluding hydrogens is 358 g/mol. The summed E-state index contributed by atoms with van der Waals surface area (Å²) in [4.78, 5) is 14.9. The molecule has 130 valence electrons. The van der Waals surface area contributed by atoms with Gasteiger partial charge in [0.1, 0.15) is 11.3 Å². The van der Waals surface area contributed by atoms with Gasteiger partial charge in [0.05, 0.1) is 4.90 Å². The summed E-state index contributed by atoms with van der Waals surface area (Å²) in [5.41, 5.74) is 1.90. The molecule has 7 nitrogen and oxygen atoms in total. The minimum Gasteiger partial charge on any atom is -0.453 e. The average molecular weight is 369 g/mol. The van der Waals surface area contributed by atoms with Crippen LogP contribution in [-0.2, 0) is 10.1 Å². The minimum atomic E-state index is -4.42. The molecule has 0 radical (unpaired) electrons. The first kappa shape index (κ1) is 16.2. The molecule has 0 saturated heterocycles. The van der Waals surface area contributed by atoms with E-state index in [2.05, 4.69) is 4.98 Å². The molecule has 0 bridgehead atoms. The molecule has 0 unspecified atom stereocenters. The second kappa shape index (κ2) is 5.94. The molecule has 0 aliphatic carbocycles. The van der Waals surface area contributed by atoms with E-state index in [0.717, 1.165) is 0 Å². The van der Waals surface area contributed by atoms with Crippen molar-refractivity contribution in [3.8, 4) is 22.8 Å². The SMILES string of the molecule is O=Cc1ccc(-c2ccc(S(=O)(=O)O)cc2-c2nc3ccccc3o2)o1. The summed E-state index contributed by atoms with van der Waals surface area (Å²) in [6, 6.07) is 14.1. The van der Waals surface area contributed by atoms with Crippen molar-refractivity contribution in [2.75, 3.05) is 0 Å². The number of nitrogens with zero attached hydrogens (tertiary/aromatic N) is 1. The molecule has 0 saturated carbocycles. The zero-order chi connectivity index (χ0) is 18.3. The maximum atomic E-state index is 11.5. The van der Waals surface area contributed by atoms with Crippen LogP contribution < -0.4 is 0 Å². The molecular formula is C18H11NO6S. The lowest BCUT2D eigenvalue weighted by atomic mass is 10.1. The maximum Gasteiger partial charge on any atom is 0.294 e. The Labute approximate surface area is 147 Å². The van der Waals surface area contributed by atoms with Crippen molar-refractivity contribution in [2.45, 2.75) is 4.90 Å². The quantitative estimate of drug-likeness (QED) is 0.430. The van der Waals surface area contributed by atoms with E-state index in [4.69, 9.17) is 8.83 Å². The summed E-state index contributed by atoms with van der Waals surface area (Å²) < 4.78 is 43.5. The topological polar surface area (TPSA) is 111 Å². The molecule has 0 atom stereocenters. The number of oxazole rings is 1. The molecule has 2 heterocycles. The van der Waals surface area contributed by atoms with Crippen molar-refractivity contribution in [3.05, 3.63) is 60.4 Å². The Kier molecular flexibility index (Phi) is 3.71. The lowest BCUT2D eigenvalue weighted by molar-refractivity contribution is 0.110.